The molecule has 1 unspecified atom stereocenters. The molecule has 0 radical (unpaired) electrons. The monoisotopic (exact) mass is 578 g/mol. The average Bonchev–Trinajstić information content (AvgIpc) is 2.98. The molecule has 10 nitrogen and oxygen atoms in total. The number of benzene rings is 3. The van der Waals surface area contributed by atoms with Crippen LogP contribution in [-0.4, -0.2) is 29.6 Å². The molecule has 1 atom stereocenters. The van der Waals surface area contributed by atoms with Gasteiger partial charge in [0.15, 0.2) is 11.3 Å². The van der Waals surface area contributed by atoms with Crippen molar-refractivity contribution in [1.82, 2.24) is 0 Å². The molecule has 0 spiro atoms. The van der Waals surface area contributed by atoms with Gasteiger partial charge in [0.25, 0.3) is 6.29 Å². The van der Waals surface area contributed by atoms with E-state index in [0.29, 0.717) is 51.0 Å². The number of ether oxygens (including phenoxy) is 3. The van der Waals surface area contributed by atoms with Crippen molar-refractivity contribution in [3.63, 3.8) is 0 Å². The molecule has 2 N–H and O–H groups in total. The molecule has 0 saturated heterocycles. The van der Waals surface area contributed by atoms with Crippen molar-refractivity contribution in [3.05, 3.63) is 127 Å². The van der Waals surface area contributed by atoms with E-state index in [2.05, 4.69) is 0 Å². The minimum absolute atomic E-state index is 0.0288. The van der Waals surface area contributed by atoms with Crippen molar-refractivity contribution in [1.29, 1.82) is 0 Å². The number of aliphatic hydroxyl groups excluding tert-OH is 1. The second kappa shape index (κ2) is 9.95. The highest BCUT2D eigenvalue weighted by Gasteiger charge is 2.36. The Morgan fingerprint density at radius 2 is 1.60 bits per heavy atom. The highest BCUT2D eigenvalue weighted by Crippen LogP contribution is 2.40. The molecule has 214 valence electrons. The fourth-order valence-corrected chi connectivity index (χ4v) is 5.51. The van der Waals surface area contributed by atoms with Gasteiger partial charge in [0.2, 0.25) is 0 Å². The van der Waals surface area contributed by atoms with Gasteiger partial charge in [0, 0.05) is 34.9 Å². The van der Waals surface area contributed by atoms with Gasteiger partial charge < -0.3 is 33.3 Å². The summed E-state index contributed by atoms with van der Waals surface area (Å²) in [4.78, 5) is 37.5. The lowest BCUT2D eigenvalue weighted by Crippen LogP contribution is -2.34. The number of rotatable bonds is 5. The number of carbonyl (C=O) groups excluding carboxylic acids is 1. The van der Waals surface area contributed by atoms with Gasteiger partial charge in [-0.2, -0.15) is 0 Å². The zero-order chi connectivity index (χ0) is 29.8. The molecule has 3 aromatic carbocycles. The number of esters is 1. The number of methoxy groups -OCH3 is 1. The minimum Gasteiger partial charge on any atom is -0.508 e. The van der Waals surface area contributed by atoms with Crippen molar-refractivity contribution in [3.8, 4) is 17.2 Å². The summed E-state index contributed by atoms with van der Waals surface area (Å²) in [6, 6.07) is 17.5. The molecule has 43 heavy (non-hydrogen) atoms. The van der Waals surface area contributed by atoms with E-state index < -0.39 is 23.5 Å². The Hall–Kier alpha value is -5.77. The molecule has 5 aromatic rings. The van der Waals surface area contributed by atoms with E-state index in [1.54, 1.807) is 36.4 Å². The van der Waals surface area contributed by atoms with E-state index in [0.717, 1.165) is 5.56 Å². The predicted octanol–water partition coefficient (Wildman–Crippen LogP) is 4.92. The van der Waals surface area contributed by atoms with Crippen LogP contribution in [-0.2, 0) is 22.4 Å². The molecule has 0 saturated carbocycles. The second-order valence-corrected chi connectivity index (χ2v) is 10.2. The van der Waals surface area contributed by atoms with Gasteiger partial charge in [-0.25, -0.2) is 14.4 Å². The molecule has 4 heterocycles. The number of carbonyl (C=O) groups is 1. The number of phenols is 1. The first-order valence-corrected chi connectivity index (χ1v) is 13.3. The normalized spacial score (nSPS) is 15.9. The van der Waals surface area contributed by atoms with Crippen LogP contribution in [0.15, 0.2) is 102 Å². The third-order valence-corrected chi connectivity index (χ3v) is 7.49. The number of phenolic OH excluding ortho intramolecular Hbond substituents is 1. The molecule has 7 rings (SSSR count). The summed E-state index contributed by atoms with van der Waals surface area (Å²) in [6.07, 6.45) is 0.688. The van der Waals surface area contributed by atoms with E-state index >= 15 is 0 Å². The molecular formula is C33H22O10. The molecule has 0 amide bonds. The average molecular weight is 579 g/mol. The maximum Gasteiger partial charge on any atom is 0.337 e. The number of aromatic hydroxyl groups is 1. The smallest absolute Gasteiger partial charge is 0.337 e. The van der Waals surface area contributed by atoms with Crippen LogP contribution >= 0.6 is 0 Å². The second-order valence-electron chi connectivity index (χ2n) is 10.2. The van der Waals surface area contributed by atoms with Gasteiger partial charge in [-0.1, -0.05) is 18.2 Å². The van der Waals surface area contributed by atoms with Crippen molar-refractivity contribution in [2.24, 2.45) is 0 Å². The Labute approximate surface area is 242 Å². The van der Waals surface area contributed by atoms with Gasteiger partial charge in [0.1, 0.15) is 22.8 Å². The van der Waals surface area contributed by atoms with Crippen LogP contribution in [0.1, 0.15) is 22.3 Å². The molecule has 0 bridgehead atoms. The summed E-state index contributed by atoms with van der Waals surface area (Å²) in [5.41, 5.74) is 2.23. The lowest BCUT2D eigenvalue weighted by Gasteiger charge is -2.30. The molecule has 2 aliphatic rings. The summed E-state index contributed by atoms with van der Waals surface area (Å²) in [5.74, 6) is -0.0520. The summed E-state index contributed by atoms with van der Waals surface area (Å²) < 4.78 is 27.4. The Balaban J connectivity index is 1.26. The largest absolute Gasteiger partial charge is 0.508 e. The van der Waals surface area contributed by atoms with Gasteiger partial charge in [0.05, 0.1) is 18.2 Å². The van der Waals surface area contributed by atoms with E-state index in [9.17, 15) is 24.6 Å². The topological polar surface area (TPSA) is 146 Å². The Morgan fingerprint density at radius 3 is 2.42 bits per heavy atom. The Morgan fingerprint density at radius 1 is 0.814 bits per heavy atom. The van der Waals surface area contributed by atoms with Gasteiger partial charge >= 0.3 is 17.2 Å². The lowest BCUT2D eigenvalue weighted by atomic mass is 9.94. The summed E-state index contributed by atoms with van der Waals surface area (Å²) in [5, 5.41) is 22.5. The highest BCUT2D eigenvalue weighted by atomic mass is 16.7. The third kappa shape index (κ3) is 4.58. The standard InChI is InChI=1S/C33H22O10/c1-39-27-4-2-3-21-18(14-29(36)42-31(21)27)11-19-12-24-30(37)23-10-16(5-7-26(23)41-33(24)43-32(19)38)9-17-13-28(35)40-25-8-6-20(34)15-22(17)25/h2-8,10,12-15,33-34,37H,9,11H2,1H3. The zero-order valence-electron chi connectivity index (χ0n) is 22.6. The van der Waals surface area contributed by atoms with Crippen molar-refractivity contribution in [2.45, 2.75) is 19.1 Å². The van der Waals surface area contributed by atoms with Crippen LogP contribution in [0, 0.1) is 0 Å². The van der Waals surface area contributed by atoms with Crippen LogP contribution in [0.2, 0.25) is 0 Å². The van der Waals surface area contributed by atoms with Gasteiger partial charge in [-0.3, -0.25) is 0 Å². The van der Waals surface area contributed by atoms with Crippen molar-refractivity contribution >= 4 is 33.7 Å². The summed E-state index contributed by atoms with van der Waals surface area (Å²) in [6.45, 7) is 0. The highest BCUT2D eigenvalue weighted by molar-refractivity contribution is 5.94. The maximum atomic E-state index is 13.0. The molecule has 0 aliphatic carbocycles. The van der Waals surface area contributed by atoms with E-state index in [1.165, 1.54) is 43.5 Å². The fourth-order valence-electron chi connectivity index (χ4n) is 5.51. The number of hydrogen-bond donors (Lipinski definition) is 2. The predicted molar refractivity (Wildman–Crippen MR) is 154 cm³/mol. The number of fused-ring (bicyclic) bond motifs is 4. The van der Waals surface area contributed by atoms with Crippen LogP contribution in [0.5, 0.6) is 17.2 Å². The van der Waals surface area contributed by atoms with Crippen LogP contribution < -0.4 is 20.7 Å². The number of para-hydroxylation sites is 1. The first-order valence-electron chi connectivity index (χ1n) is 13.3. The molecule has 10 heteroatoms. The fraction of sp³-hybridized carbons (Fsp3) is 0.121. The molecule has 0 fully saturated rings. The first-order chi connectivity index (χ1) is 20.8. The van der Waals surface area contributed by atoms with Crippen molar-refractivity contribution in [2.75, 3.05) is 7.11 Å². The van der Waals surface area contributed by atoms with Crippen LogP contribution in [0.25, 0.3) is 27.7 Å². The van der Waals surface area contributed by atoms with Crippen LogP contribution in [0.3, 0.4) is 0 Å². The number of aliphatic hydroxyl groups is 1. The zero-order valence-corrected chi connectivity index (χ0v) is 22.6. The third-order valence-electron chi connectivity index (χ3n) is 7.49. The van der Waals surface area contributed by atoms with E-state index in [4.69, 9.17) is 23.0 Å². The maximum absolute atomic E-state index is 13.0. The molecule has 2 aromatic heterocycles. The SMILES string of the molecule is COc1cccc2c(CC3=CC4=C(O)c5cc(Cc6cc(=O)oc7ccc(O)cc67)ccc5OC4OC3=O)cc(=O)oc12. The summed E-state index contributed by atoms with van der Waals surface area (Å²) in [7, 11) is 1.47. The van der Waals surface area contributed by atoms with E-state index in [-0.39, 0.29) is 34.7 Å². The Bertz CT molecular complexity index is 2170. The molecule has 2 aliphatic heterocycles. The van der Waals surface area contributed by atoms with Crippen LogP contribution in [0.4, 0.5) is 0 Å². The van der Waals surface area contributed by atoms with Crippen molar-refractivity contribution < 1.29 is 38.1 Å². The van der Waals surface area contributed by atoms with Gasteiger partial charge in [-0.15, -0.1) is 0 Å². The minimum atomic E-state index is -1.15. The molecular weight excluding hydrogens is 556 g/mol. The first kappa shape index (κ1) is 26.1. The van der Waals surface area contributed by atoms with Gasteiger partial charge in [-0.05, 0) is 65.6 Å². The Kier molecular flexibility index (Phi) is 6.05. The van der Waals surface area contributed by atoms with E-state index in [1.807, 2.05) is 0 Å². The lowest BCUT2D eigenvalue weighted by molar-refractivity contribution is -0.155. The quantitative estimate of drug-likeness (QED) is 0.218. The number of hydrogen-bond acceptors (Lipinski definition) is 10. The summed E-state index contributed by atoms with van der Waals surface area (Å²) >= 11 is 0.